The molecule has 3 N–H and O–H groups in total. The lowest BCUT2D eigenvalue weighted by Crippen LogP contribution is -2.14. The summed E-state index contributed by atoms with van der Waals surface area (Å²) in [7, 11) is -3.67. The van der Waals surface area contributed by atoms with Gasteiger partial charge in [-0.1, -0.05) is 29.8 Å². The Labute approximate surface area is 127 Å². The van der Waals surface area contributed by atoms with E-state index in [9.17, 15) is 12.8 Å². The first-order chi connectivity index (χ1) is 9.86. The molecule has 0 unspecified atom stereocenters. The van der Waals surface area contributed by atoms with Crippen LogP contribution in [0.2, 0.25) is 5.02 Å². The minimum absolute atomic E-state index is 0.0767. The normalized spacial score (nSPS) is 11.6. The maximum Gasteiger partial charge on any atom is 0.238 e. The van der Waals surface area contributed by atoms with E-state index < -0.39 is 10.0 Å². The standard InChI is InChI=1S/C14H14ClFN2O2S/c15-14-7-12(16)4-3-11(14)9-18-8-10-1-5-13(6-2-10)21(17,19)20/h1-7,18H,8-9H2,(H2,17,19,20). The Morgan fingerprint density at radius 3 is 2.33 bits per heavy atom. The predicted molar refractivity (Wildman–Crippen MR) is 79.8 cm³/mol. The van der Waals surface area contributed by atoms with Crippen LogP contribution in [0.4, 0.5) is 4.39 Å². The lowest BCUT2D eigenvalue weighted by molar-refractivity contribution is 0.597. The van der Waals surface area contributed by atoms with Crippen LogP contribution in [-0.2, 0) is 23.1 Å². The molecular formula is C14H14ClFN2O2S. The molecule has 0 aliphatic rings. The third-order valence-electron chi connectivity index (χ3n) is 2.91. The van der Waals surface area contributed by atoms with E-state index in [-0.39, 0.29) is 10.7 Å². The van der Waals surface area contributed by atoms with E-state index in [4.69, 9.17) is 16.7 Å². The zero-order valence-electron chi connectivity index (χ0n) is 11.0. The molecule has 4 nitrogen and oxygen atoms in total. The van der Waals surface area contributed by atoms with Crippen LogP contribution in [0.1, 0.15) is 11.1 Å². The maximum atomic E-state index is 12.9. The molecule has 112 valence electrons. The molecule has 0 saturated carbocycles. The van der Waals surface area contributed by atoms with Gasteiger partial charge < -0.3 is 5.32 Å². The van der Waals surface area contributed by atoms with Crippen molar-refractivity contribution in [3.05, 3.63) is 64.4 Å². The first kappa shape index (κ1) is 15.9. The Morgan fingerprint density at radius 1 is 1.10 bits per heavy atom. The van der Waals surface area contributed by atoms with Crippen molar-refractivity contribution in [2.75, 3.05) is 0 Å². The van der Waals surface area contributed by atoms with Gasteiger partial charge in [0.25, 0.3) is 0 Å². The van der Waals surface area contributed by atoms with E-state index >= 15 is 0 Å². The highest BCUT2D eigenvalue weighted by Crippen LogP contribution is 2.17. The monoisotopic (exact) mass is 328 g/mol. The molecule has 0 aliphatic carbocycles. The van der Waals surface area contributed by atoms with E-state index in [0.29, 0.717) is 18.1 Å². The van der Waals surface area contributed by atoms with Gasteiger partial charge in [-0.2, -0.15) is 0 Å². The molecule has 0 heterocycles. The minimum Gasteiger partial charge on any atom is -0.309 e. The number of primary sulfonamides is 1. The smallest absolute Gasteiger partial charge is 0.238 e. The van der Waals surface area contributed by atoms with Crippen LogP contribution in [0.15, 0.2) is 47.4 Å². The van der Waals surface area contributed by atoms with Crippen LogP contribution >= 0.6 is 11.6 Å². The van der Waals surface area contributed by atoms with E-state index in [1.54, 1.807) is 18.2 Å². The Kier molecular flexibility index (Phi) is 4.95. The summed E-state index contributed by atoms with van der Waals surface area (Å²) < 4.78 is 35.2. The van der Waals surface area contributed by atoms with Crippen molar-refractivity contribution in [2.45, 2.75) is 18.0 Å². The van der Waals surface area contributed by atoms with Gasteiger partial charge >= 0.3 is 0 Å². The molecule has 0 saturated heterocycles. The summed E-state index contributed by atoms with van der Waals surface area (Å²) in [4.78, 5) is 0.0767. The summed E-state index contributed by atoms with van der Waals surface area (Å²) in [6.45, 7) is 1.01. The number of hydrogen-bond donors (Lipinski definition) is 2. The van der Waals surface area contributed by atoms with Crippen LogP contribution in [-0.4, -0.2) is 8.42 Å². The molecule has 2 rings (SSSR count). The van der Waals surface area contributed by atoms with Gasteiger partial charge in [-0.05, 0) is 35.4 Å². The first-order valence-electron chi connectivity index (χ1n) is 6.12. The molecule has 0 radical (unpaired) electrons. The van der Waals surface area contributed by atoms with Crippen molar-refractivity contribution >= 4 is 21.6 Å². The average Bonchev–Trinajstić information content (AvgIpc) is 2.41. The molecule has 7 heteroatoms. The SMILES string of the molecule is NS(=O)(=O)c1ccc(CNCc2ccc(F)cc2Cl)cc1. The lowest BCUT2D eigenvalue weighted by atomic mass is 10.2. The zero-order valence-corrected chi connectivity index (χ0v) is 12.6. The van der Waals surface area contributed by atoms with Gasteiger partial charge in [-0.25, -0.2) is 17.9 Å². The van der Waals surface area contributed by atoms with Gasteiger partial charge in [0, 0.05) is 18.1 Å². The zero-order chi connectivity index (χ0) is 15.5. The quantitative estimate of drug-likeness (QED) is 0.885. The molecular weight excluding hydrogens is 315 g/mol. The molecule has 0 aromatic heterocycles. The van der Waals surface area contributed by atoms with Crippen molar-refractivity contribution < 1.29 is 12.8 Å². The molecule has 0 spiro atoms. The number of nitrogens with one attached hydrogen (secondary N) is 1. The van der Waals surface area contributed by atoms with Gasteiger partial charge in [0.15, 0.2) is 0 Å². The van der Waals surface area contributed by atoms with Crippen LogP contribution in [0, 0.1) is 5.82 Å². The highest BCUT2D eigenvalue weighted by atomic mass is 35.5. The summed E-state index contributed by atoms with van der Waals surface area (Å²) in [6.07, 6.45) is 0. The Hall–Kier alpha value is -1.47. The van der Waals surface area contributed by atoms with E-state index in [1.165, 1.54) is 24.3 Å². The van der Waals surface area contributed by atoms with Gasteiger partial charge in [-0.3, -0.25) is 0 Å². The second kappa shape index (κ2) is 6.53. The molecule has 0 atom stereocenters. The predicted octanol–water partition coefficient (Wildman–Crippen LogP) is 2.42. The molecule has 0 aliphatic heterocycles. The Morgan fingerprint density at radius 2 is 1.76 bits per heavy atom. The number of rotatable bonds is 5. The van der Waals surface area contributed by atoms with Gasteiger partial charge in [-0.15, -0.1) is 0 Å². The van der Waals surface area contributed by atoms with Crippen molar-refractivity contribution in [1.29, 1.82) is 0 Å². The van der Waals surface area contributed by atoms with Crippen LogP contribution in [0.3, 0.4) is 0 Å². The highest BCUT2D eigenvalue weighted by molar-refractivity contribution is 7.89. The number of benzene rings is 2. The number of sulfonamides is 1. The van der Waals surface area contributed by atoms with Crippen molar-refractivity contribution in [3.8, 4) is 0 Å². The fraction of sp³-hybridized carbons (Fsp3) is 0.143. The van der Waals surface area contributed by atoms with E-state index in [1.807, 2.05) is 0 Å². The average molecular weight is 329 g/mol. The van der Waals surface area contributed by atoms with Crippen LogP contribution < -0.4 is 10.5 Å². The lowest BCUT2D eigenvalue weighted by Gasteiger charge is -2.07. The second-order valence-electron chi connectivity index (χ2n) is 4.53. The number of nitrogens with two attached hydrogens (primary N) is 1. The van der Waals surface area contributed by atoms with Crippen molar-refractivity contribution in [2.24, 2.45) is 5.14 Å². The first-order valence-corrected chi connectivity index (χ1v) is 8.05. The summed E-state index contributed by atoms with van der Waals surface area (Å²) in [5.74, 6) is -0.373. The maximum absolute atomic E-state index is 12.9. The third-order valence-corrected chi connectivity index (χ3v) is 4.19. The molecule has 0 fully saturated rings. The summed E-state index contributed by atoms with van der Waals surface area (Å²) in [5.41, 5.74) is 1.69. The molecule has 2 aromatic carbocycles. The fourth-order valence-electron chi connectivity index (χ4n) is 1.80. The van der Waals surface area contributed by atoms with Crippen molar-refractivity contribution in [1.82, 2.24) is 5.32 Å². The Bertz CT molecular complexity index is 733. The summed E-state index contributed by atoms with van der Waals surface area (Å²) in [5, 5.41) is 8.54. The van der Waals surface area contributed by atoms with E-state index in [2.05, 4.69) is 5.32 Å². The van der Waals surface area contributed by atoms with Gasteiger partial charge in [0.05, 0.1) is 4.90 Å². The van der Waals surface area contributed by atoms with Gasteiger partial charge in [0.1, 0.15) is 5.82 Å². The molecule has 0 amide bonds. The highest BCUT2D eigenvalue weighted by Gasteiger charge is 2.06. The van der Waals surface area contributed by atoms with Crippen molar-refractivity contribution in [3.63, 3.8) is 0 Å². The fourth-order valence-corrected chi connectivity index (χ4v) is 2.55. The van der Waals surface area contributed by atoms with Crippen LogP contribution in [0.5, 0.6) is 0 Å². The molecule has 21 heavy (non-hydrogen) atoms. The molecule has 0 bridgehead atoms. The minimum atomic E-state index is -3.67. The summed E-state index contributed by atoms with van der Waals surface area (Å²) >= 11 is 5.92. The largest absolute Gasteiger partial charge is 0.309 e. The Balaban J connectivity index is 1.94. The number of halogens is 2. The third kappa shape index (κ3) is 4.50. The van der Waals surface area contributed by atoms with E-state index in [0.717, 1.165) is 11.1 Å². The summed E-state index contributed by atoms with van der Waals surface area (Å²) in [6, 6.07) is 10.5. The second-order valence-corrected chi connectivity index (χ2v) is 6.50. The topological polar surface area (TPSA) is 72.2 Å². The van der Waals surface area contributed by atoms with Gasteiger partial charge in [0.2, 0.25) is 10.0 Å². The molecule has 2 aromatic rings. The van der Waals surface area contributed by atoms with Crippen LogP contribution in [0.25, 0.3) is 0 Å². The number of hydrogen-bond acceptors (Lipinski definition) is 3.